The molecule has 8 heteroatoms. The summed E-state index contributed by atoms with van der Waals surface area (Å²) in [7, 11) is 0. The molecule has 7 nitrogen and oxygen atoms in total. The van der Waals surface area contributed by atoms with Crippen LogP contribution in [0.25, 0.3) is 10.9 Å². The molecule has 2 heterocycles. The summed E-state index contributed by atoms with van der Waals surface area (Å²) in [6, 6.07) is 14.0. The van der Waals surface area contributed by atoms with E-state index in [2.05, 4.69) is 5.32 Å². The van der Waals surface area contributed by atoms with Gasteiger partial charge in [-0.15, -0.1) is 0 Å². The first-order valence-electron chi connectivity index (χ1n) is 10.6. The minimum atomic E-state index is -0.453. The van der Waals surface area contributed by atoms with Crippen LogP contribution in [0.1, 0.15) is 37.0 Å². The molecule has 2 aromatic carbocycles. The number of nitrogens with one attached hydrogen (secondary N) is 1. The molecule has 3 aromatic rings. The molecule has 4 rings (SSSR count). The zero-order valence-corrected chi connectivity index (χ0v) is 18.9. The lowest BCUT2D eigenvalue weighted by Crippen LogP contribution is -2.29. The molecule has 2 atom stereocenters. The van der Waals surface area contributed by atoms with Gasteiger partial charge in [-0.3, -0.25) is 19.0 Å². The van der Waals surface area contributed by atoms with E-state index in [1.54, 1.807) is 34.9 Å². The Morgan fingerprint density at radius 2 is 1.97 bits per heavy atom. The fourth-order valence-electron chi connectivity index (χ4n) is 3.76. The molecule has 1 aromatic heterocycles. The average Bonchev–Trinajstić information content (AvgIpc) is 3.29. The molecule has 166 valence electrons. The first kappa shape index (κ1) is 22.2. The fraction of sp³-hybridized carbons (Fsp3) is 0.333. The van der Waals surface area contributed by atoms with E-state index >= 15 is 0 Å². The number of aromatic nitrogens is 2. The van der Waals surface area contributed by atoms with Crippen molar-refractivity contribution in [3.8, 4) is 0 Å². The van der Waals surface area contributed by atoms with E-state index in [4.69, 9.17) is 9.72 Å². The van der Waals surface area contributed by atoms with Crippen molar-refractivity contribution < 1.29 is 14.3 Å². The highest BCUT2D eigenvalue weighted by molar-refractivity contribution is 8.00. The molecule has 0 aliphatic carbocycles. The highest BCUT2D eigenvalue weighted by atomic mass is 32.2. The maximum atomic E-state index is 13.2. The number of anilines is 1. The number of nitrogens with zero attached hydrogens (tertiary/aromatic N) is 2. The molecule has 32 heavy (non-hydrogen) atoms. The lowest BCUT2D eigenvalue weighted by molar-refractivity contribution is -0.114. The Morgan fingerprint density at radius 1 is 1.22 bits per heavy atom. The largest absolute Gasteiger partial charge is 0.376 e. The van der Waals surface area contributed by atoms with Gasteiger partial charge in [0.2, 0.25) is 5.91 Å². The van der Waals surface area contributed by atoms with Crippen LogP contribution in [-0.2, 0) is 16.1 Å². The van der Waals surface area contributed by atoms with Gasteiger partial charge in [0.1, 0.15) is 0 Å². The average molecular weight is 452 g/mol. The second kappa shape index (κ2) is 9.67. The Kier molecular flexibility index (Phi) is 6.72. The minimum absolute atomic E-state index is 0.0256. The van der Waals surface area contributed by atoms with Crippen molar-refractivity contribution >= 4 is 40.0 Å². The van der Waals surface area contributed by atoms with E-state index in [1.807, 2.05) is 25.1 Å². The fourth-order valence-corrected chi connectivity index (χ4v) is 4.75. The molecule has 0 spiro atoms. The van der Waals surface area contributed by atoms with Gasteiger partial charge in [0, 0.05) is 24.8 Å². The number of carbonyl (C=O) groups excluding carboxylic acids is 2. The number of amides is 1. The summed E-state index contributed by atoms with van der Waals surface area (Å²) >= 11 is 1.28. The quantitative estimate of drug-likeness (QED) is 0.333. The highest BCUT2D eigenvalue weighted by Gasteiger charge is 2.23. The van der Waals surface area contributed by atoms with Crippen LogP contribution >= 0.6 is 11.8 Å². The van der Waals surface area contributed by atoms with Gasteiger partial charge in [0.25, 0.3) is 5.56 Å². The van der Waals surface area contributed by atoms with Gasteiger partial charge in [-0.1, -0.05) is 23.9 Å². The summed E-state index contributed by atoms with van der Waals surface area (Å²) in [6.45, 7) is 4.37. The first-order valence-corrected chi connectivity index (χ1v) is 11.5. The molecule has 0 radical (unpaired) electrons. The molecule has 0 bridgehead atoms. The van der Waals surface area contributed by atoms with E-state index in [-0.39, 0.29) is 23.4 Å². The molecule has 0 saturated carbocycles. The standard InChI is InChI=1S/C24H25N3O4S/c1-15(22(29)17-9-11-18(12-10-17)25-16(2)28)32-24-26-21-8-4-3-7-20(21)23(30)27(24)14-19-6-5-13-31-19/h3-4,7-12,15,19H,5-6,13-14H2,1-2H3,(H,25,28)/t15-,19-/m1/s1. The highest BCUT2D eigenvalue weighted by Crippen LogP contribution is 2.26. The Morgan fingerprint density at radius 3 is 2.66 bits per heavy atom. The van der Waals surface area contributed by atoms with Crippen LogP contribution in [0.5, 0.6) is 0 Å². The third-order valence-electron chi connectivity index (χ3n) is 5.38. The number of rotatable bonds is 7. The number of benzene rings is 2. The van der Waals surface area contributed by atoms with Crippen LogP contribution in [-0.4, -0.2) is 39.2 Å². The van der Waals surface area contributed by atoms with Crippen LogP contribution in [0.4, 0.5) is 5.69 Å². The number of ketones is 1. The van der Waals surface area contributed by atoms with E-state index in [1.165, 1.54) is 18.7 Å². The Hall–Kier alpha value is -2.97. The smallest absolute Gasteiger partial charge is 0.262 e. The molecular formula is C24H25N3O4S. The van der Waals surface area contributed by atoms with Gasteiger partial charge in [-0.05, 0) is 56.2 Å². The number of fused-ring (bicyclic) bond motifs is 1. The summed E-state index contributed by atoms with van der Waals surface area (Å²) in [5, 5.41) is 3.31. The Labute approximate surface area is 190 Å². The number of thioether (sulfide) groups is 1. The van der Waals surface area contributed by atoms with E-state index in [9.17, 15) is 14.4 Å². The lowest BCUT2D eigenvalue weighted by Gasteiger charge is -2.18. The van der Waals surface area contributed by atoms with Crippen LogP contribution in [0.3, 0.4) is 0 Å². The van der Waals surface area contributed by atoms with Gasteiger partial charge >= 0.3 is 0 Å². The predicted octanol–water partition coefficient (Wildman–Crippen LogP) is 3.90. The van der Waals surface area contributed by atoms with Crippen LogP contribution in [0, 0.1) is 0 Å². The van der Waals surface area contributed by atoms with Gasteiger partial charge in [-0.2, -0.15) is 0 Å². The van der Waals surface area contributed by atoms with Gasteiger partial charge in [-0.25, -0.2) is 4.98 Å². The molecule has 1 N–H and O–H groups in total. The van der Waals surface area contributed by atoms with Gasteiger partial charge in [0.15, 0.2) is 10.9 Å². The maximum absolute atomic E-state index is 13.2. The van der Waals surface area contributed by atoms with Crippen molar-refractivity contribution in [1.82, 2.24) is 9.55 Å². The number of carbonyl (C=O) groups is 2. The van der Waals surface area contributed by atoms with Crippen LogP contribution < -0.4 is 10.9 Å². The number of para-hydroxylation sites is 1. The molecule has 1 fully saturated rings. The monoisotopic (exact) mass is 451 g/mol. The Bertz CT molecular complexity index is 1200. The second-order valence-electron chi connectivity index (χ2n) is 7.85. The second-order valence-corrected chi connectivity index (χ2v) is 9.15. The number of hydrogen-bond acceptors (Lipinski definition) is 6. The van der Waals surface area contributed by atoms with Gasteiger partial charge < -0.3 is 10.1 Å². The van der Waals surface area contributed by atoms with Crippen molar-refractivity contribution in [2.45, 2.75) is 49.7 Å². The number of Topliss-reactive ketones (excluding diaryl/α,β-unsaturated/α-hetero) is 1. The van der Waals surface area contributed by atoms with Crippen LogP contribution in [0.15, 0.2) is 58.5 Å². The van der Waals surface area contributed by atoms with Crippen molar-refractivity contribution in [3.05, 3.63) is 64.4 Å². The summed E-state index contributed by atoms with van der Waals surface area (Å²) in [5.41, 5.74) is 1.67. The lowest BCUT2D eigenvalue weighted by atomic mass is 10.1. The normalized spacial score (nSPS) is 16.8. The molecule has 1 aliphatic rings. The van der Waals surface area contributed by atoms with Crippen molar-refractivity contribution in [2.75, 3.05) is 11.9 Å². The SMILES string of the molecule is CC(=O)Nc1ccc(C(=O)[C@@H](C)Sc2nc3ccccc3c(=O)n2C[C@H]2CCCO2)cc1. The summed E-state index contributed by atoms with van der Waals surface area (Å²) in [5.74, 6) is -0.241. The van der Waals surface area contributed by atoms with E-state index in [0.29, 0.717) is 40.5 Å². The number of hydrogen-bond donors (Lipinski definition) is 1. The van der Waals surface area contributed by atoms with Gasteiger partial charge in [0.05, 0.1) is 28.8 Å². The van der Waals surface area contributed by atoms with Crippen molar-refractivity contribution in [2.24, 2.45) is 0 Å². The summed E-state index contributed by atoms with van der Waals surface area (Å²) in [6.07, 6.45) is 1.85. The summed E-state index contributed by atoms with van der Waals surface area (Å²) < 4.78 is 7.39. The minimum Gasteiger partial charge on any atom is -0.376 e. The Balaban J connectivity index is 1.61. The third kappa shape index (κ3) is 4.92. The molecule has 1 aliphatic heterocycles. The van der Waals surface area contributed by atoms with Crippen LogP contribution in [0.2, 0.25) is 0 Å². The zero-order chi connectivity index (χ0) is 22.7. The van der Waals surface area contributed by atoms with Crippen molar-refractivity contribution in [1.29, 1.82) is 0 Å². The third-order valence-corrected chi connectivity index (χ3v) is 6.47. The van der Waals surface area contributed by atoms with Crippen molar-refractivity contribution in [3.63, 3.8) is 0 Å². The molecule has 1 amide bonds. The first-order chi connectivity index (χ1) is 15.4. The topological polar surface area (TPSA) is 90.3 Å². The molecular weight excluding hydrogens is 426 g/mol. The predicted molar refractivity (Wildman–Crippen MR) is 125 cm³/mol. The summed E-state index contributed by atoms with van der Waals surface area (Å²) in [4.78, 5) is 42.2. The molecule has 0 unspecified atom stereocenters. The zero-order valence-electron chi connectivity index (χ0n) is 18.0. The van der Waals surface area contributed by atoms with E-state index in [0.717, 1.165) is 12.8 Å². The van der Waals surface area contributed by atoms with E-state index < -0.39 is 5.25 Å². The maximum Gasteiger partial charge on any atom is 0.262 e. The molecule has 1 saturated heterocycles. The number of ether oxygens (including phenoxy) is 1.